The van der Waals surface area contributed by atoms with E-state index in [1.807, 2.05) is 13.8 Å². The van der Waals surface area contributed by atoms with Gasteiger partial charge in [-0.1, -0.05) is 13.8 Å². The fraction of sp³-hybridized carbons (Fsp3) is 0.444. The van der Waals surface area contributed by atoms with Crippen molar-refractivity contribution in [2.45, 2.75) is 39.8 Å². The minimum absolute atomic E-state index is 0.0252. The van der Waals surface area contributed by atoms with Crippen LogP contribution in [0.15, 0.2) is 22.6 Å². The second-order valence-corrected chi connectivity index (χ2v) is 6.27. The minimum Gasteiger partial charge on any atom is -0.490 e. The second kappa shape index (κ2) is 7.15. The van der Waals surface area contributed by atoms with E-state index in [0.29, 0.717) is 22.3 Å². The van der Waals surface area contributed by atoms with E-state index < -0.39 is 12.1 Å². The first-order valence-electron chi connectivity index (χ1n) is 7.87. The molecule has 0 aliphatic heterocycles. The molecule has 2 unspecified atom stereocenters. The molecule has 130 valence electrons. The molecule has 1 heterocycles. The zero-order valence-electron chi connectivity index (χ0n) is 14.3. The average molecular weight is 333 g/mol. The predicted octanol–water partition coefficient (Wildman–Crippen LogP) is 2.56. The highest BCUT2D eigenvalue weighted by Crippen LogP contribution is 2.31. The van der Waals surface area contributed by atoms with Gasteiger partial charge in [0.25, 0.3) is 0 Å². The summed E-state index contributed by atoms with van der Waals surface area (Å²) in [6, 6.07) is 4.35. The van der Waals surface area contributed by atoms with Crippen molar-refractivity contribution >= 4 is 22.5 Å². The highest BCUT2D eigenvalue weighted by Gasteiger charge is 2.22. The van der Waals surface area contributed by atoms with Crippen molar-refractivity contribution in [2.24, 2.45) is 11.7 Å². The Kier molecular flexibility index (Phi) is 5.41. The molecule has 2 rings (SSSR count). The third-order valence-corrected chi connectivity index (χ3v) is 3.99. The number of ketones is 2. The largest absolute Gasteiger partial charge is 0.490 e. The smallest absolute Gasteiger partial charge is 0.194 e. The lowest BCUT2D eigenvalue weighted by atomic mass is 10.0. The van der Waals surface area contributed by atoms with E-state index in [-0.39, 0.29) is 29.9 Å². The zero-order chi connectivity index (χ0) is 18.0. The Labute approximate surface area is 140 Å². The molecule has 0 radical (unpaired) electrons. The first kappa shape index (κ1) is 18.2. The number of carbonyl (C=O) groups is 2. The number of furan rings is 1. The summed E-state index contributed by atoms with van der Waals surface area (Å²) in [5, 5.41) is 10.6. The van der Waals surface area contributed by atoms with Gasteiger partial charge in [-0.2, -0.15) is 0 Å². The van der Waals surface area contributed by atoms with Gasteiger partial charge in [0.15, 0.2) is 17.3 Å². The van der Waals surface area contributed by atoms with Gasteiger partial charge in [0.2, 0.25) is 0 Å². The Morgan fingerprint density at radius 1 is 1.25 bits per heavy atom. The van der Waals surface area contributed by atoms with Crippen LogP contribution in [0.2, 0.25) is 0 Å². The molecule has 0 amide bonds. The van der Waals surface area contributed by atoms with Gasteiger partial charge in [-0.05, 0) is 31.0 Å². The molecular weight excluding hydrogens is 310 g/mol. The van der Waals surface area contributed by atoms with Gasteiger partial charge >= 0.3 is 0 Å². The first-order valence-corrected chi connectivity index (χ1v) is 7.87. The highest BCUT2D eigenvalue weighted by atomic mass is 16.5. The summed E-state index contributed by atoms with van der Waals surface area (Å²) in [7, 11) is 0. The first-order chi connectivity index (χ1) is 11.2. The fourth-order valence-corrected chi connectivity index (χ4v) is 2.48. The second-order valence-electron chi connectivity index (χ2n) is 6.27. The molecule has 0 aliphatic carbocycles. The average Bonchev–Trinajstić information content (AvgIpc) is 2.94. The van der Waals surface area contributed by atoms with Crippen LogP contribution in [0.4, 0.5) is 0 Å². The molecule has 0 saturated heterocycles. The maximum Gasteiger partial charge on any atom is 0.194 e. The molecule has 6 nitrogen and oxygen atoms in total. The van der Waals surface area contributed by atoms with Crippen molar-refractivity contribution in [3.05, 3.63) is 29.5 Å². The van der Waals surface area contributed by atoms with E-state index in [0.717, 1.165) is 0 Å². The Bertz CT molecular complexity index is 762. The molecule has 1 aromatic carbocycles. The minimum atomic E-state index is -0.849. The maximum absolute atomic E-state index is 12.1. The summed E-state index contributed by atoms with van der Waals surface area (Å²) >= 11 is 0. The molecule has 1 aromatic heterocycles. The fourth-order valence-electron chi connectivity index (χ4n) is 2.48. The standard InChI is InChI=1S/C18H23NO5/c1-9(2)18(19)13(22)8-23-15-6-5-14-12(17(15)11(4)21)7-16(24-14)10(3)20/h5-7,9,13,18,22H,8,19H2,1-4H3. The van der Waals surface area contributed by atoms with E-state index in [1.165, 1.54) is 19.9 Å². The van der Waals surface area contributed by atoms with Crippen LogP contribution in [-0.4, -0.2) is 35.4 Å². The van der Waals surface area contributed by atoms with Gasteiger partial charge < -0.3 is 20.0 Å². The Hall–Kier alpha value is -2.18. The number of nitrogens with two attached hydrogens (primary N) is 1. The quantitative estimate of drug-likeness (QED) is 0.755. The summed E-state index contributed by atoms with van der Waals surface area (Å²) in [6.07, 6.45) is -0.849. The molecule has 2 aromatic rings. The predicted molar refractivity (Wildman–Crippen MR) is 90.5 cm³/mol. The van der Waals surface area contributed by atoms with Gasteiger partial charge in [-0.3, -0.25) is 9.59 Å². The molecule has 0 fully saturated rings. The van der Waals surface area contributed by atoms with Crippen molar-refractivity contribution in [3.8, 4) is 5.75 Å². The molecular formula is C18H23NO5. The van der Waals surface area contributed by atoms with Crippen molar-refractivity contribution in [2.75, 3.05) is 6.61 Å². The Balaban J connectivity index is 2.34. The van der Waals surface area contributed by atoms with E-state index in [4.69, 9.17) is 14.9 Å². The van der Waals surface area contributed by atoms with Gasteiger partial charge in [0.1, 0.15) is 24.0 Å². The number of aliphatic hydroxyl groups is 1. The van der Waals surface area contributed by atoms with Crippen LogP contribution in [0.5, 0.6) is 5.75 Å². The van der Waals surface area contributed by atoms with Crippen LogP contribution in [0.3, 0.4) is 0 Å². The monoisotopic (exact) mass is 333 g/mol. The maximum atomic E-state index is 12.1. The van der Waals surface area contributed by atoms with Crippen molar-refractivity contribution in [3.63, 3.8) is 0 Å². The summed E-state index contributed by atoms with van der Waals surface area (Å²) < 4.78 is 11.1. The Morgan fingerprint density at radius 3 is 2.46 bits per heavy atom. The molecule has 0 bridgehead atoms. The van der Waals surface area contributed by atoms with Gasteiger partial charge in [-0.15, -0.1) is 0 Å². The molecule has 0 aliphatic rings. The number of benzene rings is 1. The van der Waals surface area contributed by atoms with Gasteiger partial charge in [0.05, 0.1) is 5.56 Å². The Morgan fingerprint density at radius 2 is 1.92 bits per heavy atom. The van der Waals surface area contributed by atoms with E-state index in [1.54, 1.807) is 12.1 Å². The number of Topliss-reactive ketones (excluding diaryl/α,β-unsaturated/α-hetero) is 2. The molecule has 24 heavy (non-hydrogen) atoms. The molecule has 0 saturated carbocycles. The third kappa shape index (κ3) is 3.66. The lowest BCUT2D eigenvalue weighted by molar-refractivity contribution is 0.0707. The van der Waals surface area contributed by atoms with E-state index >= 15 is 0 Å². The topological polar surface area (TPSA) is 103 Å². The highest BCUT2D eigenvalue weighted by molar-refractivity contribution is 6.10. The van der Waals surface area contributed by atoms with E-state index in [9.17, 15) is 14.7 Å². The lowest BCUT2D eigenvalue weighted by Crippen LogP contribution is -2.42. The van der Waals surface area contributed by atoms with E-state index in [2.05, 4.69) is 0 Å². The van der Waals surface area contributed by atoms with Crippen LogP contribution in [-0.2, 0) is 0 Å². The summed E-state index contributed by atoms with van der Waals surface area (Å²) in [5.74, 6) is 0.188. The van der Waals surface area contributed by atoms with Crippen molar-refractivity contribution in [1.82, 2.24) is 0 Å². The third-order valence-electron chi connectivity index (χ3n) is 3.99. The van der Waals surface area contributed by atoms with Crippen LogP contribution in [0.1, 0.15) is 48.6 Å². The summed E-state index contributed by atoms with van der Waals surface area (Å²) in [6.45, 7) is 6.61. The lowest BCUT2D eigenvalue weighted by Gasteiger charge is -2.22. The summed E-state index contributed by atoms with van der Waals surface area (Å²) in [4.78, 5) is 23.5. The zero-order valence-corrected chi connectivity index (χ0v) is 14.3. The summed E-state index contributed by atoms with van der Waals surface area (Å²) in [5.41, 5.74) is 6.67. The number of ether oxygens (including phenoxy) is 1. The SMILES string of the molecule is CC(=O)c1cc2c(C(C)=O)c(OCC(O)C(N)C(C)C)ccc2o1. The molecule has 3 N–H and O–H groups in total. The van der Waals surface area contributed by atoms with Crippen molar-refractivity contribution in [1.29, 1.82) is 0 Å². The number of hydrogen-bond donors (Lipinski definition) is 2. The van der Waals surface area contributed by atoms with Crippen LogP contribution < -0.4 is 10.5 Å². The van der Waals surface area contributed by atoms with Crippen LogP contribution >= 0.6 is 0 Å². The van der Waals surface area contributed by atoms with Gasteiger partial charge in [0, 0.05) is 18.4 Å². The molecule has 0 spiro atoms. The normalized spacial score (nSPS) is 14.0. The number of hydrogen-bond acceptors (Lipinski definition) is 6. The number of carbonyl (C=O) groups excluding carboxylic acids is 2. The number of aliphatic hydroxyl groups excluding tert-OH is 1. The number of rotatable bonds is 7. The molecule has 2 atom stereocenters. The van der Waals surface area contributed by atoms with Crippen molar-refractivity contribution < 1.29 is 23.8 Å². The number of fused-ring (bicyclic) bond motifs is 1. The van der Waals surface area contributed by atoms with Crippen LogP contribution in [0.25, 0.3) is 11.0 Å². The molecule has 6 heteroatoms. The van der Waals surface area contributed by atoms with Crippen LogP contribution in [0, 0.1) is 5.92 Å². The van der Waals surface area contributed by atoms with Gasteiger partial charge in [-0.25, -0.2) is 0 Å².